The number of hydrogen-bond acceptors (Lipinski definition) is 4. The Morgan fingerprint density at radius 1 is 0.943 bits per heavy atom. The first-order chi connectivity index (χ1) is 16.7. The molecular weight excluding hydrogens is 509 g/mol. The summed E-state index contributed by atoms with van der Waals surface area (Å²) in [4.78, 5) is 41.4. The maximum Gasteiger partial charge on any atom is 0.283 e. The molecule has 9 heteroatoms. The van der Waals surface area contributed by atoms with E-state index in [2.05, 4.69) is 5.32 Å². The van der Waals surface area contributed by atoms with Crippen LogP contribution in [0.3, 0.4) is 0 Å². The van der Waals surface area contributed by atoms with Gasteiger partial charge in [-0.2, -0.15) is 0 Å². The van der Waals surface area contributed by atoms with Crippen LogP contribution in [0.4, 0.5) is 17.1 Å². The van der Waals surface area contributed by atoms with Crippen molar-refractivity contribution in [3.63, 3.8) is 0 Å². The fourth-order valence-electron chi connectivity index (χ4n) is 3.72. The third kappa shape index (κ3) is 4.91. The molecule has 0 aromatic heterocycles. The first kappa shape index (κ1) is 24.8. The number of amides is 3. The SMILES string of the molecule is CCN(C(=O)c1ccc(NC2=C(Cl)C(=O)N(c3cc(Cl)ccc3Cl)C2=O)cc1)c1cccc(C)c1. The molecule has 0 unspecified atom stereocenters. The number of nitrogens with one attached hydrogen (secondary N) is 1. The van der Waals surface area contributed by atoms with Crippen molar-refractivity contribution in [1.29, 1.82) is 0 Å². The molecule has 1 heterocycles. The van der Waals surface area contributed by atoms with Gasteiger partial charge in [-0.15, -0.1) is 0 Å². The molecule has 0 atom stereocenters. The van der Waals surface area contributed by atoms with E-state index in [4.69, 9.17) is 34.8 Å². The summed E-state index contributed by atoms with van der Waals surface area (Å²) in [5.41, 5.74) is 2.87. The van der Waals surface area contributed by atoms with E-state index in [9.17, 15) is 14.4 Å². The van der Waals surface area contributed by atoms with Gasteiger partial charge in [0.2, 0.25) is 0 Å². The molecule has 0 spiro atoms. The highest BCUT2D eigenvalue weighted by atomic mass is 35.5. The maximum absolute atomic E-state index is 13.1. The number of anilines is 3. The third-order valence-corrected chi connectivity index (χ3v) is 6.36. The molecule has 3 amide bonds. The number of nitrogens with zero attached hydrogens (tertiary/aromatic N) is 2. The highest BCUT2D eigenvalue weighted by Crippen LogP contribution is 2.35. The minimum Gasteiger partial charge on any atom is -0.350 e. The zero-order chi connectivity index (χ0) is 25.3. The molecule has 0 fully saturated rings. The minimum absolute atomic E-state index is 0.0956. The summed E-state index contributed by atoms with van der Waals surface area (Å²) in [5, 5.41) is 3.11. The van der Waals surface area contributed by atoms with E-state index in [1.165, 1.54) is 12.1 Å². The van der Waals surface area contributed by atoms with Crippen LogP contribution in [0.15, 0.2) is 77.5 Å². The molecule has 3 aromatic rings. The molecule has 1 N–H and O–H groups in total. The van der Waals surface area contributed by atoms with Crippen molar-refractivity contribution in [1.82, 2.24) is 0 Å². The Labute approximate surface area is 217 Å². The number of rotatable bonds is 6. The fraction of sp³-hybridized carbons (Fsp3) is 0.115. The molecule has 0 saturated heterocycles. The molecule has 0 saturated carbocycles. The predicted molar refractivity (Wildman–Crippen MR) is 140 cm³/mol. The molecule has 0 radical (unpaired) electrons. The van der Waals surface area contributed by atoms with Gasteiger partial charge in [0.05, 0.1) is 10.7 Å². The first-order valence-electron chi connectivity index (χ1n) is 10.7. The molecular formula is C26H20Cl3N3O3. The average Bonchev–Trinajstić information content (AvgIpc) is 3.04. The standard InChI is InChI=1S/C26H20Cl3N3O3/c1-3-31(19-6-4-5-15(2)13-19)24(33)16-7-10-18(11-8-16)30-23-22(29)25(34)32(26(23)35)21-14-17(27)9-12-20(21)28/h4-14,30H,3H2,1-2H3. The Morgan fingerprint density at radius 2 is 1.66 bits per heavy atom. The van der Waals surface area contributed by atoms with Crippen LogP contribution in [-0.4, -0.2) is 24.3 Å². The second kappa shape index (κ2) is 10.1. The smallest absolute Gasteiger partial charge is 0.283 e. The van der Waals surface area contributed by atoms with Crippen LogP contribution in [0, 0.1) is 6.92 Å². The molecule has 4 rings (SSSR count). The van der Waals surface area contributed by atoms with Gasteiger partial charge >= 0.3 is 0 Å². The minimum atomic E-state index is -0.716. The van der Waals surface area contributed by atoms with Gasteiger partial charge in [0.1, 0.15) is 10.7 Å². The van der Waals surface area contributed by atoms with Gasteiger partial charge in [-0.1, -0.05) is 46.9 Å². The van der Waals surface area contributed by atoms with Gasteiger partial charge in [0, 0.05) is 28.5 Å². The number of imide groups is 1. The molecule has 3 aromatic carbocycles. The van der Waals surface area contributed by atoms with Crippen LogP contribution in [0.2, 0.25) is 10.0 Å². The van der Waals surface area contributed by atoms with Crippen molar-refractivity contribution in [2.45, 2.75) is 13.8 Å². The Bertz CT molecular complexity index is 1370. The van der Waals surface area contributed by atoms with E-state index in [-0.39, 0.29) is 27.3 Å². The van der Waals surface area contributed by atoms with Gasteiger partial charge < -0.3 is 10.2 Å². The lowest BCUT2D eigenvalue weighted by Gasteiger charge is -2.21. The maximum atomic E-state index is 13.1. The van der Waals surface area contributed by atoms with E-state index in [0.717, 1.165) is 16.2 Å². The number of hydrogen-bond donors (Lipinski definition) is 1. The van der Waals surface area contributed by atoms with Crippen LogP contribution < -0.4 is 15.1 Å². The summed E-state index contributed by atoms with van der Waals surface area (Å²) in [6, 6.07) is 18.7. The van der Waals surface area contributed by atoms with Gasteiger partial charge in [0.15, 0.2) is 0 Å². The summed E-state index contributed by atoms with van der Waals surface area (Å²) in [7, 11) is 0. The van der Waals surface area contributed by atoms with Crippen molar-refractivity contribution >= 4 is 69.6 Å². The van der Waals surface area contributed by atoms with Crippen LogP contribution in [0.25, 0.3) is 0 Å². The quantitative estimate of drug-likeness (QED) is 0.376. The number of carbonyl (C=O) groups is 3. The molecule has 1 aliphatic heterocycles. The van der Waals surface area contributed by atoms with Crippen molar-refractivity contribution in [3.8, 4) is 0 Å². The molecule has 35 heavy (non-hydrogen) atoms. The van der Waals surface area contributed by atoms with Crippen molar-refractivity contribution in [2.24, 2.45) is 0 Å². The second-order valence-corrected chi connectivity index (χ2v) is 9.04. The lowest BCUT2D eigenvalue weighted by molar-refractivity contribution is -0.120. The highest BCUT2D eigenvalue weighted by Gasteiger charge is 2.40. The van der Waals surface area contributed by atoms with E-state index < -0.39 is 11.8 Å². The molecule has 1 aliphatic rings. The molecule has 0 aliphatic carbocycles. The Kier molecular flexibility index (Phi) is 7.17. The van der Waals surface area contributed by atoms with E-state index in [1.54, 1.807) is 35.2 Å². The summed E-state index contributed by atoms with van der Waals surface area (Å²) in [6.45, 7) is 4.38. The Balaban J connectivity index is 1.54. The van der Waals surface area contributed by atoms with Crippen LogP contribution in [0.1, 0.15) is 22.8 Å². The zero-order valence-corrected chi connectivity index (χ0v) is 21.1. The Morgan fingerprint density at radius 3 is 2.31 bits per heavy atom. The summed E-state index contributed by atoms with van der Waals surface area (Å²) >= 11 is 18.4. The monoisotopic (exact) mass is 527 g/mol. The predicted octanol–water partition coefficient (Wildman–Crippen LogP) is 6.40. The summed E-state index contributed by atoms with van der Waals surface area (Å²) in [5.74, 6) is -1.54. The number of aryl methyl sites for hydroxylation is 1. The van der Waals surface area contributed by atoms with Crippen LogP contribution in [-0.2, 0) is 9.59 Å². The van der Waals surface area contributed by atoms with Crippen molar-refractivity contribution in [2.75, 3.05) is 21.7 Å². The molecule has 178 valence electrons. The topological polar surface area (TPSA) is 69.7 Å². The lowest BCUT2D eigenvalue weighted by Crippen LogP contribution is -2.32. The van der Waals surface area contributed by atoms with Gasteiger partial charge in [-0.25, -0.2) is 4.90 Å². The molecule has 0 bridgehead atoms. The number of halogens is 3. The van der Waals surface area contributed by atoms with E-state index >= 15 is 0 Å². The highest BCUT2D eigenvalue weighted by molar-refractivity contribution is 6.54. The van der Waals surface area contributed by atoms with Gasteiger partial charge in [0.25, 0.3) is 17.7 Å². The van der Waals surface area contributed by atoms with E-state index in [1.807, 2.05) is 38.1 Å². The normalized spacial score (nSPS) is 13.5. The third-order valence-electron chi connectivity index (χ3n) is 5.45. The largest absolute Gasteiger partial charge is 0.350 e. The lowest BCUT2D eigenvalue weighted by atomic mass is 10.1. The summed E-state index contributed by atoms with van der Waals surface area (Å²) < 4.78 is 0. The van der Waals surface area contributed by atoms with Gasteiger partial charge in [-0.3, -0.25) is 14.4 Å². The fourth-order valence-corrected chi connectivity index (χ4v) is 4.30. The molecule has 6 nitrogen and oxygen atoms in total. The van der Waals surface area contributed by atoms with Crippen LogP contribution in [0.5, 0.6) is 0 Å². The second-order valence-electron chi connectivity index (χ2n) is 7.82. The zero-order valence-electron chi connectivity index (χ0n) is 18.8. The first-order valence-corrected chi connectivity index (χ1v) is 11.8. The Hall–Kier alpha value is -3.32. The average molecular weight is 529 g/mol. The number of benzene rings is 3. The van der Waals surface area contributed by atoms with Crippen molar-refractivity contribution in [3.05, 3.63) is 98.6 Å². The van der Waals surface area contributed by atoms with Crippen molar-refractivity contribution < 1.29 is 14.4 Å². The van der Waals surface area contributed by atoms with E-state index in [0.29, 0.717) is 22.8 Å². The number of carbonyl (C=O) groups excluding carboxylic acids is 3. The van der Waals surface area contributed by atoms with Crippen LogP contribution >= 0.6 is 34.8 Å². The van der Waals surface area contributed by atoms with Gasteiger partial charge in [-0.05, 0) is 74.0 Å². The summed E-state index contributed by atoms with van der Waals surface area (Å²) in [6.07, 6.45) is 0.